The summed E-state index contributed by atoms with van der Waals surface area (Å²) in [5, 5.41) is 5.95. The Kier molecular flexibility index (Phi) is 3.23. The number of nitrogens with zero attached hydrogens (tertiary/aromatic N) is 1. The number of rotatable bonds is 2. The lowest BCUT2D eigenvalue weighted by Crippen LogP contribution is -2.37. The number of thioether (sulfide) groups is 1. The van der Waals surface area contributed by atoms with Crippen LogP contribution in [0.3, 0.4) is 0 Å². The van der Waals surface area contributed by atoms with Gasteiger partial charge in [-0.25, -0.2) is 4.98 Å². The van der Waals surface area contributed by atoms with E-state index in [-0.39, 0.29) is 11.9 Å². The van der Waals surface area contributed by atoms with Crippen molar-refractivity contribution < 1.29 is 4.79 Å². The molecule has 80 valence electrons. The summed E-state index contributed by atoms with van der Waals surface area (Å²) >= 11 is 1.73. The smallest absolute Gasteiger partial charge is 0.243 e. The number of anilines is 1. The van der Waals surface area contributed by atoms with Crippen LogP contribution in [0.1, 0.15) is 5.56 Å². The van der Waals surface area contributed by atoms with Crippen molar-refractivity contribution in [3.8, 4) is 0 Å². The normalized spacial score (nSPS) is 20.2. The molecule has 2 N–H and O–H groups in total. The van der Waals surface area contributed by atoms with Gasteiger partial charge in [-0.05, 0) is 18.6 Å². The van der Waals surface area contributed by atoms with E-state index in [1.807, 2.05) is 19.1 Å². The highest BCUT2D eigenvalue weighted by Crippen LogP contribution is 2.13. The monoisotopic (exact) mass is 223 g/mol. The van der Waals surface area contributed by atoms with Crippen molar-refractivity contribution in [2.75, 3.05) is 16.9 Å². The first-order valence-corrected chi connectivity index (χ1v) is 5.96. The maximum atomic E-state index is 11.7. The predicted octanol–water partition coefficient (Wildman–Crippen LogP) is 0.991. The van der Waals surface area contributed by atoms with Crippen molar-refractivity contribution in [2.45, 2.75) is 13.0 Å². The third kappa shape index (κ3) is 2.49. The highest BCUT2D eigenvalue weighted by atomic mass is 32.2. The largest absolute Gasteiger partial charge is 0.309 e. The number of aryl methyl sites for hydroxylation is 1. The molecule has 4 nitrogen and oxygen atoms in total. The first-order chi connectivity index (χ1) is 7.27. The number of hydrogen-bond donors (Lipinski definition) is 2. The molecule has 0 aliphatic carbocycles. The number of hydrogen-bond acceptors (Lipinski definition) is 4. The second kappa shape index (κ2) is 4.63. The first kappa shape index (κ1) is 10.4. The van der Waals surface area contributed by atoms with Gasteiger partial charge < -0.3 is 5.32 Å². The quantitative estimate of drug-likeness (QED) is 0.785. The van der Waals surface area contributed by atoms with Crippen molar-refractivity contribution in [1.29, 1.82) is 0 Å². The number of nitrogens with one attached hydrogen (secondary N) is 2. The molecule has 1 atom stereocenters. The fourth-order valence-electron chi connectivity index (χ4n) is 1.38. The van der Waals surface area contributed by atoms with Gasteiger partial charge in [-0.15, -0.1) is 11.8 Å². The van der Waals surface area contributed by atoms with Crippen molar-refractivity contribution in [1.82, 2.24) is 10.3 Å². The van der Waals surface area contributed by atoms with Gasteiger partial charge in [0, 0.05) is 17.8 Å². The summed E-state index contributed by atoms with van der Waals surface area (Å²) in [6, 6.07) is 3.70. The maximum Gasteiger partial charge on any atom is 0.243 e. The van der Waals surface area contributed by atoms with Gasteiger partial charge in [-0.1, -0.05) is 6.07 Å². The van der Waals surface area contributed by atoms with Crippen LogP contribution in [0.2, 0.25) is 0 Å². The molecule has 0 bridgehead atoms. The molecule has 1 aliphatic heterocycles. The molecule has 5 heteroatoms. The van der Waals surface area contributed by atoms with E-state index in [0.29, 0.717) is 5.82 Å². The SMILES string of the molecule is Cc1cccnc1NC(=O)C1CSCN1. The van der Waals surface area contributed by atoms with E-state index in [2.05, 4.69) is 15.6 Å². The van der Waals surface area contributed by atoms with Gasteiger partial charge >= 0.3 is 0 Å². The van der Waals surface area contributed by atoms with Crippen LogP contribution in [0.15, 0.2) is 18.3 Å². The average molecular weight is 223 g/mol. The van der Waals surface area contributed by atoms with E-state index >= 15 is 0 Å². The lowest BCUT2D eigenvalue weighted by atomic mass is 10.2. The van der Waals surface area contributed by atoms with Crippen LogP contribution in [0.25, 0.3) is 0 Å². The molecule has 0 aromatic carbocycles. The maximum absolute atomic E-state index is 11.7. The zero-order valence-electron chi connectivity index (χ0n) is 8.49. The Balaban J connectivity index is 2.02. The summed E-state index contributed by atoms with van der Waals surface area (Å²) in [5.74, 6) is 2.33. The number of amides is 1. The molecular formula is C10H13N3OS. The molecular weight excluding hydrogens is 210 g/mol. The molecule has 2 heterocycles. The van der Waals surface area contributed by atoms with Crippen LogP contribution >= 0.6 is 11.8 Å². The van der Waals surface area contributed by atoms with E-state index in [1.165, 1.54) is 0 Å². The molecule has 1 fully saturated rings. The number of pyridine rings is 1. The van der Waals surface area contributed by atoms with Crippen LogP contribution in [0.4, 0.5) is 5.82 Å². The minimum Gasteiger partial charge on any atom is -0.309 e. The Morgan fingerprint density at radius 2 is 2.60 bits per heavy atom. The summed E-state index contributed by atoms with van der Waals surface area (Å²) in [6.07, 6.45) is 1.68. The van der Waals surface area contributed by atoms with Gasteiger partial charge in [0.2, 0.25) is 5.91 Å². The van der Waals surface area contributed by atoms with Crippen LogP contribution in [0.5, 0.6) is 0 Å². The van der Waals surface area contributed by atoms with Crippen LogP contribution in [-0.4, -0.2) is 28.6 Å². The molecule has 2 rings (SSSR count). The summed E-state index contributed by atoms with van der Waals surface area (Å²) in [6.45, 7) is 1.93. The summed E-state index contributed by atoms with van der Waals surface area (Å²) in [5.41, 5.74) is 0.983. The Morgan fingerprint density at radius 1 is 1.73 bits per heavy atom. The molecule has 0 spiro atoms. The van der Waals surface area contributed by atoms with Crippen LogP contribution in [0, 0.1) is 6.92 Å². The second-order valence-electron chi connectivity index (χ2n) is 3.43. The Bertz CT molecular complexity index is 363. The van der Waals surface area contributed by atoms with Gasteiger partial charge in [0.1, 0.15) is 5.82 Å². The van der Waals surface area contributed by atoms with Gasteiger partial charge in [-0.3, -0.25) is 10.1 Å². The second-order valence-corrected chi connectivity index (χ2v) is 4.46. The standard InChI is InChI=1S/C10H13N3OS/c1-7-3-2-4-11-9(7)13-10(14)8-5-15-6-12-8/h2-4,8,12H,5-6H2,1H3,(H,11,13,14). The van der Waals surface area contributed by atoms with Crippen molar-refractivity contribution in [3.63, 3.8) is 0 Å². The highest BCUT2D eigenvalue weighted by molar-refractivity contribution is 7.99. The van der Waals surface area contributed by atoms with Gasteiger partial charge in [0.15, 0.2) is 0 Å². The molecule has 1 saturated heterocycles. The lowest BCUT2D eigenvalue weighted by molar-refractivity contribution is -0.117. The third-order valence-electron chi connectivity index (χ3n) is 2.28. The topological polar surface area (TPSA) is 54.0 Å². The zero-order valence-corrected chi connectivity index (χ0v) is 9.30. The first-order valence-electron chi connectivity index (χ1n) is 4.81. The summed E-state index contributed by atoms with van der Waals surface area (Å²) < 4.78 is 0. The Morgan fingerprint density at radius 3 is 3.27 bits per heavy atom. The number of carbonyl (C=O) groups is 1. The molecule has 0 radical (unpaired) electrons. The van der Waals surface area contributed by atoms with Crippen molar-refractivity contribution in [2.24, 2.45) is 0 Å². The van der Waals surface area contributed by atoms with E-state index < -0.39 is 0 Å². The van der Waals surface area contributed by atoms with Gasteiger partial charge in [0.05, 0.1) is 6.04 Å². The van der Waals surface area contributed by atoms with Crippen molar-refractivity contribution in [3.05, 3.63) is 23.9 Å². The molecule has 1 unspecified atom stereocenters. The van der Waals surface area contributed by atoms with E-state index in [0.717, 1.165) is 17.2 Å². The van der Waals surface area contributed by atoms with Crippen molar-refractivity contribution >= 4 is 23.5 Å². The highest BCUT2D eigenvalue weighted by Gasteiger charge is 2.22. The molecule has 1 amide bonds. The lowest BCUT2D eigenvalue weighted by Gasteiger charge is -2.10. The van der Waals surface area contributed by atoms with E-state index in [1.54, 1.807) is 18.0 Å². The summed E-state index contributed by atoms with van der Waals surface area (Å²) in [4.78, 5) is 15.9. The van der Waals surface area contributed by atoms with Gasteiger partial charge in [0.25, 0.3) is 0 Å². The van der Waals surface area contributed by atoms with Crippen LogP contribution in [-0.2, 0) is 4.79 Å². The molecule has 1 aromatic heterocycles. The Hall–Kier alpha value is -1.07. The minimum atomic E-state index is -0.0867. The molecule has 15 heavy (non-hydrogen) atoms. The number of carbonyl (C=O) groups excluding carboxylic acids is 1. The molecule has 1 aromatic rings. The van der Waals surface area contributed by atoms with Crippen LogP contribution < -0.4 is 10.6 Å². The number of aromatic nitrogens is 1. The van der Waals surface area contributed by atoms with E-state index in [9.17, 15) is 4.79 Å². The zero-order chi connectivity index (χ0) is 10.7. The fraction of sp³-hybridized carbons (Fsp3) is 0.400. The summed E-state index contributed by atoms with van der Waals surface area (Å²) in [7, 11) is 0. The third-order valence-corrected chi connectivity index (χ3v) is 3.22. The predicted molar refractivity (Wildman–Crippen MR) is 61.9 cm³/mol. The van der Waals surface area contributed by atoms with E-state index in [4.69, 9.17) is 0 Å². The fourth-order valence-corrected chi connectivity index (χ4v) is 2.33. The van der Waals surface area contributed by atoms with Gasteiger partial charge in [-0.2, -0.15) is 0 Å². The Labute approximate surface area is 92.9 Å². The minimum absolute atomic E-state index is 0.00167. The molecule has 0 saturated carbocycles. The average Bonchev–Trinajstić information content (AvgIpc) is 2.74. The molecule has 1 aliphatic rings.